The lowest BCUT2D eigenvalue weighted by Crippen LogP contribution is -2.36. The van der Waals surface area contributed by atoms with E-state index in [1.807, 2.05) is 6.92 Å². The minimum absolute atomic E-state index is 0.179. The van der Waals surface area contributed by atoms with Gasteiger partial charge in [-0.15, -0.1) is 0 Å². The molecule has 0 fully saturated rings. The van der Waals surface area contributed by atoms with E-state index in [9.17, 15) is 14.4 Å². The first-order valence-corrected chi connectivity index (χ1v) is 8.03. The molecule has 0 aliphatic heterocycles. The number of carbonyl (C=O) groups excluding carboxylic acids is 3. The van der Waals surface area contributed by atoms with Crippen LogP contribution in [-0.2, 0) is 9.53 Å². The summed E-state index contributed by atoms with van der Waals surface area (Å²) in [6.45, 7) is 2.76. The van der Waals surface area contributed by atoms with E-state index in [1.165, 1.54) is 0 Å². The summed E-state index contributed by atoms with van der Waals surface area (Å²) in [7, 11) is 0. The normalized spacial score (nSPS) is 9.83. The summed E-state index contributed by atoms with van der Waals surface area (Å²) in [5.41, 5.74) is 0.457. The van der Waals surface area contributed by atoms with Crippen LogP contribution >= 0.6 is 15.9 Å². The van der Waals surface area contributed by atoms with Gasteiger partial charge in [0.15, 0.2) is 0 Å². The first-order valence-electron chi connectivity index (χ1n) is 7.24. The topological polar surface area (TPSA) is 96.5 Å². The van der Waals surface area contributed by atoms with E-state index in [0.717, 1.165) is 4.47 Å². The van der Waals surface area contributed by atoms with Crippen LogP contribution in [0.5, 0.6) is 0 Å². The van der Waals surface area contributed by atoms with E-state index in [4.69, 9.17) is 4.74 Å². The Kier molecular flexibility index (Phi) is 8.74. The molecule has 126 valence electrons. The molecule has 0 aromatic heterocycles. The highest BCUT2D eigenvalue weighted by Crippen LogP contribution is 2.11. The molecule has 0 heterocycles. The molecule has 1 aromatic carbocycles. The van der Waals surface area contributed by atoms with E-state index in [1.54, 1.807) is 24.3 Å². The molecule has 8 heteroatoms. The highest BCUT2D eigenvalue weighted by Gasteiger charge is 2.09. The Morgan fingerprint density at radius 2 is 1.96 bits per heavy atom. The maximum Gasteiger partial charge on any atom is 0.325 e. The molecule has 0 unspecified atom stereocenters. The van der Waals surface area contributed by atoms with E-state index in [0.29, 0.717) is 25.1 Å². The van der Waals surface area contributed by atoms with E-state index in [-0.39, 0.29) is 25.1 Å². The Labute approximate surface area is 143 Å². The summed E-state index contributed by atoms with van der Waals surface area (Å²) in [4.78, 5) is 34.4. The third kappa shape index (κ3) is 8.20. The van der Waals surface area contributed by atoms with Crippen molar-refractivity contribution in [3.05, 3.63) is 34.3 Å². The molecule has 3 N–H and O–H groups in total. The second-order valence-corrected chi connectivity index (χ2v) is 5.47. The Hall–Kier alpha value is -2.09. The van der Waals surface area contributed by atoms with E-state index < -0.39 is 5.97 Å². The van der Waals surface area contributed by atoms with Crippen LogP contribution < -0.4 is 16.0 Å². The fraction of sp³-hybridized carbons (Fsp3) is 0.400. The van der Waals surface area contributed by atoms with Gasteiger partial charge in [0, 0.05) is 23.1 Å². The zero-order valence-electron chi connectivity index (χ0n) is 12.9. The van der Waals surface area contributed by atoms with Crippen molar-refractivity contribution in [3.63, 3.8) is 0 Å². The van der Waals surface area contributed by atoms with E-state index >= 15 is 0 Å². The summed E-state index contributed by atoms with van der Waals surface area (Å²) in [5.74, 6) is -0.868. The van der Waals surface area contributed by atoms with Crippen molar-refractivity contribution in [1.82, 2.24) is 16.0 Å². The molecular formula is C15H20BrN3O4. The Balaban J connectivity index is 2.15. The van der Waals surface area contributed by atoms with E-state index in [2.05, 4.69) is 31.9 Å². The van der Waals surface area contributed by atoms with Crippen molar-refractivity contribution in [2.45, 2.75) is 13.3 Å². The monoisotopic (exact) mass is 385 g/mol. The van der Waals surface area contributed by atoms with Crippen molar-refractivity contribution in [3.8, 4) is 0 Å². The molecule has 3 amide bonds. The Morgan fingerprint density at radius 3 is 2.65 bits per heavy atom. The van der Waals surface area contributed by atoms with Crippen LogP contribution in [0.4, 0.5) is 4.79 Å². The maximum atomic E-state index is 11.8. The van der Waals surface area contributed by atoms with Crippen LogP contribution in [0.2, 0.25) is 0 Å². The lowest BCUT2D eigenvalue weighted by atomic mass is 10.2. The molecule has 1 rings (SSSR count). The smallest absolute Gasteiger partial charge is 0.325 e. The Morgan fingerprint density at radius 1 is 1.17 bits per heavy atom. The summed E-state index contributed by atoms with van der Waals surface area (Å²) in [5, 5.41) is 7.70. The van der Waals surface area contributed by atoms with Gasteiger partial charge in [-0.25, -0.2) is 4.79 Å². The number of halogens is 1. The van der Waals surface area contributed by atoms with Crippen LogP contribution in [0.25, 0.3) is 0 Å². The molecule has 7 nitrogen and oxygen atoms in total. The van der Waals surface area contributed by atoms with Crippen molar-refractivity contribution in [2.24, 2.45) is 0 Å². The van der Waals surface area contributed by atoms with Crippen LogP contribution in [0.3, 0.4) is 0 Å². The van der Waals surface area contributed by atoms with Gasteiger partial charge >= 0.3 is 12.0 Å². The summed E-state index contributed by atoms with van der Waals surface area (Å²) < 4.78 is 5.74. The highest BCUT2D eigenvalue weighted by molar-refractivity contribution is 9.10. The summed E-state index contributed by atoms with van der Waals surface area (Å²) in [6.07, 6.45) is 0.502. The van der Waals surface area contributed by atoms with Crippen molar-refractivity contribution in [2.75, 3.05) is 26.2 Å². The minimum atomic E-state index is -0.522. The predicted octanol–water partition coefficient (Wildman–Crippen LogP) is 1.43. The molecule has 0 aliphatic carbocycles. The van der Waals surface area contributed by atoms with Gasteiger partial charge in [-0.1, -0.05) is 22.0 Å². The number of ether oxygens (including phenoxy) is 1. The van der Waals surface area contributed by atoms with Crippen molar-refractivity contribution >= 4 is 33.8 Å². The summed E-state index contributed by atoms with van der Waals surface area (Å²) >= 11 is 3.27. The lowest BCUT2D eigenvalue weighted by Gasteiger charge is -2.08. The third-order valence-corrected chi connectivity index (χ3v) is 3.18. The minimum Gasteiger partial charge on any atom is -0.464 e. The van der Waals surface area contributed by atoms with Crippen LogP contribution in [0.1, 0.15) is 23.7 Å². The first kappa shape index (κ1) is 19.0. The molecule has 0 radical (unpaired) electrons. The highest BCUT2D eigenvalue weighted by atomic mass is 79.9. The molecule has 0 bridgehead atoms. The third-order valence-electron chi connectivity index (χ3n) is 2.69. The second-order valence-electron chi connectivity index (χ2n) is 4.55. The molecule has 23 heavy (non-hydrogen) atoms. The Bertz CT molecular complexity index is 551. The van der Waals surface area contributed by atoms with Gasteiger partial charge in [-0.05, 0) is 31.5 Å². The average Bonchev–Trinajstić information content (AvgIpc) is 2.52. The number of hydrogen-bond acceptors (Lipinski definition) is 4. The number of amides is 3. The standard InChI is InChI=1S/C15H20BrN3O4/c1-2-17-15(22)18-7-4-8-23-13(20)10-19-14(21)11-5-3-6-12(16)9-11/h3,5-6,9H,2,4,7-8,10H2,1H3,(H,19,21)(H2,17,18,22). The molecule has 0 spiro atoms. The van der Waals surface area contributed by atoms with Gasteiger partial charge < -0.3 is 20.7 Å². The van der Waals surface area contributed by atoms with Gasteiger partial charge in [-0.3, -0.25) is 9.59 Å². The SMILES string of the molecule is CCNC(=O)NCCCOC(=O)CNC(=O)c1cccc(Br)c1. The number of rotatable bonds is 8. The number of esters is 1. The number of nitrogens with one attached hydrogen (secondary N) is 3. The quantitative estimate of drug-likeness (QED) is 0.465. The fourth-order valence-electron chi connectivity index (χ4n) is 1.62. The zero-order chi connectivity index (χ0) is 17.1. The fourth-order valence-corrected chi connectivity index (χ4v) is 2.02. The summed E-state index contributed by atoms with van der Waals surface area (Å²) in [6, 6.07) is 6.60. The largest absolute Gasteiger partial charge is 0.464 e. The average molecular weight is 386 g/mol. The van der Waals surface area contributed by atoms with Gasteiger partial charge in [-0.2, -0.15) is 0 Å². The predicted molar refractivity (Wildman–Crippen MR) is 89.1 cm³/mol. The lowest BCUT2D eigenvalue weighted by molar-refractivity contribution is -0.142. The van der Waals surface area contributed by atoms with Gasteiger partial charge in [0.05, 0.1) is 6.61 Å². The number of carbonyl (C=O) groups is 3. The molecule has 0 saturated heterocycles. The van der Waals surface area contributed by atoms with Crippen LogP contribution in [0, 0.1) is 0 Å². The van der Waals surface area contributed by atoms with Crippen LogP contribution in [-0.4, -0.2) is 44.1 Å². The maximum absolute atomic E-state index is 11.8. The molecule has 0 aliphatic rings. The number of hydrogen-bond donors (Lipinski definition) is 3. The van der Waals surface area contributed by atoms with Gasteiger partial charge in [0.2, 0.25) is 0 Å². The molecular weight excluding hydrogens is 366 g/mol. The number of urea groups is 1. The zero-order valence-corrected chi connectivity index (χ0v) is 14.4. The van der Waals surface area contributed by atoms with Crippen LogP contribution in [0.15, 0.2) is 28.7 Å². The number of benzene rings is 1. The van der Waals surface area contributed by atoms with Crippen molar-refractivity contribution in [1.29, 1.82) is 0 Å². The molecule has 0 saturated carbocycles. The first-order chi connectivity index (χ1) is 11.0. The second kappa shape index (κ2) is 10.6. The van der Waals surface area contributed by atoms with Crippen molar-refractivity contribution < 1.29 is 19.1 Å². The molecule has 0 atom stereocenters. The molecule has 1 aromatic rings. The van der Waals surface area contributed by atoms with Gasteiger partial charge in [0.25, 0.3) is 5.91 Å². The van der Waals surface area contributed by atoms with Gasteiger partial charge in [0.1, 0.15) is 6.54 Å².